The van der Waals surface area contributed by atoms with Crippen LogP contribution in [0.4, 0.5) is 10.5 Å². The number of halogens is 1. The third kappa shape index (κ3) is 6.19. The first kappa shape index (κ1) is 26.8. The monoisotopic (exact) mass is 534 g/mol. The number of anilines is 1. The summed E-state index contributed by atoms with van der Waals surface area (Å²) in [5, 5.41) is 12.0. The van der Waals surface area contributed by atoms with E-state index in [0.29, 0.717) is 10.7 Å². The molecule has 0 saturated carbocycles. The summed E-state index contributed by atoms with van der Waals surface area (Å²) in [4.78, 5) is 53.5. The molecule has 196 valence electrons. The van der Waals surface area contributed by atoms with Crippen molar-refractivity contribution in [3.05, 3.63) is 100 Å². The van der Waals surface area contributed by atoms with Gasteiger partial charge in [-0.25, -0.2) is 15.2 Å². The Kier molecular flexibility index (Phi) is 8.40. The van der Waals surface area contributed by atoms with E-state index in [1.54, 1.807) is 41.9 Å². The smallest absolute Gasteiger partial charge is 0.332 e. The summed E-state index contributed by atoms with van der Waals surface area (Å²) < 4.78 is 0. The van der Waals surface area contributed by atoms with Crippen molar-refractivity contribution in [1.29, 1.82) is 0 Å². The van der Waals surface area contributed by atoms with Crippen LogP contribution in [-0.2, 0) is 22.7 Å². The van der Waals surface area contributed by atoms with E-state index in [2.05, 4.69) is 5.32 Å². The second-order valence-electron chi connectivity index (χ2n) is 9.02. The van der Waals surface area contributed by atoms with Crippen LogP contribution in [0.3, 0.4) is 0 Å². The largest absolute Gasteiger partial charge is 0.352 e. The van der Waals surface area contributed by atoms with Gasteiger partial charge in [0.25, 0.3) is 11.8 Å². The third-order valence-electron chi connectivity index (χ3n) is 6.33. The van der Waals surface area contributed by atoms with Crippen LogP contribution in [0.1, 0.15) is 39.9 Å². The summed E-state index contributed by atoms with van der Waals surface area (Å²) in [5.74, 6) is -1.29. The van der Waals surface area contributed by atoms with Crippen molar-refractivity contribution in [3.63, 3.8) is 0 Å². The summed E-state index contributed by atoms with van der Waals surface area (Å²) in [6.07, 6.45) is 0.190. The number of aryl methyl sites for hydroxylation is 1. The van der Waals surface area contributed by atoms with Crippen molar-refractivity contribution in [2.24, 2.45) is 0 Å². The van der Waals surface area contributed by atoms with Gasteiger partial charge in [-0.15, -0.1) is 0 Å². The molecule has 0 bridgehead atoms. The number of urea groups is 1. The number of hydrogen-bond donors (Lipinski definition) is 3. The lowest BCUT2D eigenvalue weighted by Crippen LogP contribution is -2.36. The number of hydrogen-bond acceptors (Lipinski definition) is 5. The number of nitrogens with zero attached hydrogens (tertiary/aromatic N) is 2. The summed E-state index contributed by atoms with van der Waals surface area (Å²) in [5.41, 5.74) is 4.99. The number of benzene rings is 3. The van der Waals surface area contributed by atoms with E-state index in [1.165, 1.54) is 17.0 Å². The Morgan fingerprint density at radius 3 is 2.18 bits per heavy atom. The molecule has 0 aliphatic carbocycles. The van der Waals surface area contributed by atoms with Crippen LogP contribution in [0, 0.1) is 6.92 Å². The Morgan fingerprint density at radius 1 is 0.921 bits per heavy atom. The topological polar surface area (TPSA) is 119 Å². The molecule has 0 radical (unpaired) electrons. The Morgan fingerprint density at radius 2 is 1.55 bits per heavy atom. The summed E-state index contributed by atoms with van der Waals surface area (Å²) >= 11 is 5.98. The van der Waals surface area contributed by atoms with E-state index in [9.17, 15) is 19.2 Å². The first-order chi connectivity index (χ1) is 18.3. The summed E-state index contributed by atoms with van der Waals surface area (Å²) in [6, 6.07) is 19.3. The van der Waals surface area contributed by atoms with Crippen LogP contribution in [0.15, 0.2) is 72.8 Å². The van der Waals surface area contributed by atoms with Crippen LogP contribution in [0.25, 0.3) is 0 Å². The maximum atomic E-state index is 13.4. The number of carbonyl (C=O) groups excluding carboxylic acids is 4. The number of carbonyl (C=O) groups is 4. The molecule has 1 atom stereocenters. The van der Waals surface area contributed by atoms with Crippen LogP contribution in [0.2, 0.25) is 5.02 Å². The Hall–Kier alpha value is -4.21. The van der Waals surface area contributed by atoms with Gasteiger partial charge in [-0.2, -0.15) is 0 Å². The summed E-state index contributed by atoms with van der Waals surface area (Å²) in [6.45, 7) is 2.43. The van der Waals surface area contributed by atoms with Gasteiger partial charge >= 0.3 is 6.03 Å². The Bertz CT molecular complexity index is 1330. The quantitative estimate of drug-likeness (QED) is 0.216. The Labute approximate surface area is 225 Å². The average molecular weight is 535 g/mol. The first-order valence-corrected chi connectivity index (χ1v) is 12.4. The number of amides is 5. The maximum Gasteiger partial charge on any atom is 0.332 e. The fourth-order valence-corrected chi connectivity index (χ4v) is 4.33. The lowest BCUT2D eigenvalue weighted by molar-refractivity contribution is -0.122. The molecule has 1 fully saturated rings. The van der Waals surface area contributed by atoms with E-state index in [1.807, 2.05) is 31.2 Å². The number of nitrogens with one attached hydrogen (secondary N) is 2. The molecule has 5 amide bonds. The minimum Gasteiger partial charge on any atom is -0.352 e. The number of hydroxylamine groups is 1. The van der Waals surface area contributed by atoms with E-state index in [-0.39, 0.29) is 37.4 Å². The maximum absolute atomic E-state index is 13.4. The minimum atomic E-state index is -0.804. The lowest BCUT2D eigenvalue weighted by Gasteiger charge is -2.22. The van der Waals surface area contributed by atoms with Crippen molar-refractivity contribution < 1.29 is 24.4 Å². The highest BCUT2D eigenvalue weighted by Gasteiger charge is 2.45. The number of imide groups is 1. The fourth-order valence-electron chi connectivity index (χ4n) is 4.21. The van der Waals surface area contributed by atoms with Crippen molar-refractivity contribution in [3.8, 4) is 0 Å². The number of rotatable bonds is 9. The zero-order valence-corrected chi connectivity index (χ0v) is 21.4. The van der Waals surface area contributed by atoms with Gasteiger partial charge in [-0.05, 0) is 60.9 Å². The molecule has 1 unspecified atom stereocenters. The first-order valence-electron chi connectivity index (χ1n) is 12.0. The molecule has 9 nitrogen and oxygen atoms in total. The fraction of sp³-hybridized carbons (Fsp3) is 0.214. The third-order valence-corrected chi connectivity index (χ3v) is 6.58. The molecule has 10 heteroatoms. The van der Waals surface area contributed by atoms with Crippen molar-refractivity contribution in [2.75, 3.05) is 4.90 Å². The van der Waals surface area contributed by atoms with Crippen molar-refractivity contribution >= 4 is 41.0 Å². The van der Waals surface area contributed by atoms with Gasteiger partial charge in [0.1, 0.15) is 6.04 Å². The average Bonchev–Trinajstić information content (AvgIpc) is 3.16. The van der Waals surface area contributed by atoms with Crippen LogP contribution in [-0.4, -0.2) is 39.9 Å². The van der Waals surface area contributed by atoms with Gasteiger partial charge in [0.15, 0.2) is 0 Å². The second kappa shape index (κ2) is 11.9. The molecule has 1 aliphatic heterocycles. The van der Waals surface area contributed by atoms with E-state index < -0.39 is 23.9 Å². The summed E-state index contributed by atoms with van der Waals surface area (Å²) in [7, 11) is 0. The predicted molar refractivity (Wildman–Crippen MR) is 142 cm³/mol. The molecule has 3 N–H and O–H groups in total. The van der Waals surface area contributed by atoms with Crippen LogP contribution < -0.4 is 15.7 Å². The zero-order chi connectivity index (χ0) is 27.2. The standard InChI is InChI=1S/C28H27ClN4O5/c1-18-2-4-20(5-3-18)17-32-24(27(36)33(28(32)37)23-12-10-22(29)11-13-23)14-15-25(34)30-16-19-6-8-21(9-7-19)26(35)31-38/h2-13,24,38H,14-17H2,1H3,(H,30,34)(H,31,35). The zero-order valence-electron chi connectivity index (χ0n) is 20.7. The molecule has 0 spiro atoms. The highest BCUT2D eigenvalue weighted by atomic mass is 35.5. The van der Waals surface area contributed by atoms with E-state index in [4.69, 9.17) is 16.8 Å². The Balaban J connectivity index is 1.44. The van der Waals surface area contributed by atoms with Crippen molar-refractivity contribution in [2.45, 2.75) is 38.9 Å². The molecular weight excluding hydrogens is 508 g/mol. The molecule has 38 heavy (non-hydrogen) atoms. The molecule has 1 heterocycles. The molecule has 0 aromatic heterocycles. The molecule has 1 aliphatic rings. The highest BCUT2D eigenvalue weighted by Crippen LogP contribution is 2.29. The van der Waals surface area contributed by atoms with E-state index in [0.717, 1.165) is 21.6 Å². The van der Waals surface area contributed by atoms with Crippen LogP contribution in [0.5, 0.6) is 0 Å². The van der Waals surface area contributed by atoms with E-state index >= 15 is 0 Å². The van der Waals surface area contributed by atoms with Gasteiger partial charge in [-0.3, -0.25) is 19.6 Å². The van der Waals surface area contributed by atoms with Gasteiger partial charge in [0.2, 0.25) is 5.91 Å². The second-order valence-corrected chi connectivity index (χ2v) is 9.45. The molecular formula is C28H27ClN4O5. The van der Waals surface area contributed by atoms with Gasteiger partial charge in [0.05, 0.1) is 5.69 Å². The van der Waals surface area contributed by atoms with Gasteiger partial charge in [0, 0.05) is 30.1 Å². The SMILES string of the molecule is Cc1ccc(CN2C(=O)N(c3ccc(Cl)cc3)C(=O)C2CCC(=O)NCc2ccc(C(=O)NO)cc2)cc1. The lowest BCUT2D eigenvalue weighted by atomic mass is 10.1. The predicted octanol–water partition coefficient (Wildman–Crippen LogP) is 4.20. The van der Waals surface area contributed by atoms with Crippen LogP contribution >= 0.6 is 11.6 Å². The highest BCUT2D eigenvalue weighted by molar-refractivity contribution is 6.30. The molecule has 1 saturated heterocycles. The van der Waals surface area contributed by atoms with Gasteiger partial charge < -0.3 is 10.2 Å². The van der Waals surface area contributed by atoms with Gasteiger partial charge in [-0.1, -0.05) is 53.6 Å². The molecule has 3 aromatic rings. The molecule has 3 aromatic carbocycles. The van der Waals surface area contributed by atoms with Crippen molar-refractivity contribution in [1.82, 2.24) is 15.7 Å². The minimum absolute atomic E-state index is 0.0353. The molecule has 4 rings (SSSR count). The normalized spacial score (nSPS) is 15.1.